The highest BCUT2D eigenvalue weighted by Gasteiger charge is 2.39. The first-order valence-corrected chi connectivity index (χ1v) is 7.69. The molecule has 2 aliphatic rings. The summed E-state index contributed by atoms with van der Waals surface area (Å²) in [6.07, 6.45) is 1.31. The zero-order valence-corrected chi connectivity index (χ0v) is 12.0. The first-order chi connectivity index (χ1) is 10.7. The summed E-state index contributed by atoms with van der Waals surface area (Å²) in [6.45, 7) is 0. The van der Waals surface area contributed by atoms with Gasteiger partial charge in [-0.3, -0.25) is 9.59 Å². The van der Waals surface area contributed by atoms with Crippen molar-refractivity contribution < 1.29 is 23.6 Å². The van der Waals surface area contributed by atoms with Gasteiger partial charge >= 0.3 is 5.97 Å². The van der Waals surface area contributed by atoms with Gasteiger partial charge < -0.3 is 9.25 Å². The summed E-state index contributed by atoms with van der Waals surface area (Å²) in [5, 5.41) is 0.508. The van der Waals surface area contributed by atoms with E-state index >= 15 is 0 Å². The van der Waals surface area contributed by atoms with Gasteiger partial charge in [0.15, 0.2) is 0 Å². The van der Waals surface area contributed by atoms with E-state index in [4.69, 9.17) is 9.25 Å². The van der Waals surface area contributed by atoms with Crippen LogP contribution in [0.4, 0.5) is 0 Å². The molecule has 3 heterocycles. The molecule has 1 aromatic carbocycles. The maximum Gasteiger partial charge on any atom is 0.367 e. The Balaban J connectivity index is 1.61. The third-order valence-electron chi connectivity index (χ3n) is 3.61. The number of hydrogen-bond donors (Lipinski definition) is 0. The molecule has 0 bridgehead atoms. The van der Waals surface area contributed by atoms with Gasteiger partial charge in [-0.05, 0) is 12.1 Å². The van der Waals surface area contributed by atoms with Gasteiger partial charge in [0.05, 0.1) is 16.9 Å². The minimum absolute atomic E-state index is 0.230. The molecule has 0 radical (unpaired) electrons. The Morgan fingerprint density at radius 1 is 1.14 bits per heavy atom. The lowest BCUT2D eigenvalue weighted by atomic mass is 10.1. The second kappa shape index (κ2) is 4.74. The molecule has 2 aliphatic heterocycles. The van der Waals surface area contributed by atoms with Crippen LogP contribution in [-0.4, -0.2) is 22.8 Å². The topological polar surface area (TPSA) is 76.8 Å². The molecule has 0 aliphatic carbocycles. The standard InChI is InChI=1S/C15H9NO5S/c17-13-8-3-1-2-4-9(8)14(18)16(13)21-15(19)10-5-20-12-7-22-6-11(10)12/h1-5H,6-7H2. The van der Waals surface area contributed by atoms with Crippen molar-refractivity contribution in [3.63, 3.8) is 0 Å². The predicted molar refractivity (Wildman–Crippen MR) is 76.1 cm³/mol. The molecule has 7 heteroatoms. The summed E-state index contributed by atoms with van der Waals surface area (Å²) >= 11 is 1.63. The lowest BCUT2D eigenvalue weighted by Gasteiger charge is -2.12. The zero-order chi connectivity index (χ0) is 15.3. The number of hydroxylamine groups is 2. The summed E-state index contributed by atoms with van der Waals surface area (Å²) in [5.41, 5.74) is 1.49. The Labute approximate surface area is 129 Å². The van der Waals surface area contributed by atoms with E-state index in [0.29, 0.717) is 16.6 Å². The molecule has 4 rings (SSSR count). The third-order valence-corrected chi connectivity index (χ3v) is 4.57. The van der Waals surface area contributed by atoms with E-state index in [0.717, 1.165) is 11.3 Å². The van der Waals surface area contributed by atoms with Crippen LogP contribution in [0.1, 0.15) is 42.4 Å². The Morgan fingerprint density at radius 2 is 1.82 bits per heavy atom. The van der Waals surface area contributed by atoms with E-state index in [9.17, 15) is 14.4 Å². The SMILES string of the molecule is O=C(ON1C(=O)c2ccccc2C1=O)c1coc2c1CSC2. The molecule has 0 unspecified atom stereocenters. The molecular weight excluding hydrogens is 306 g/mol. The molecule has 22 heavy (non-hydrogen) atoms. The van der Waals surface area contributed by atoms with Crippen molar-refractivity contribution in [2.45, 2.75) is 11.5 Å². The van der Waals surface area contributed by atoms with Gasteiger partial charge in [0.2, 0.25) is 0 Å². The highest BCUT2D eigenvalue weighted by Crippen LogP contribution is 2.34. The largest absolute Gasteiger partial charge is 0.467 e. The molecule has 6 nitrogen and oxygen atoms in total. The number of furan rings is 1. The fourth-order valence-corrected chi connectivity index (χ4v) is 3.55. The van der Waals surface area contributed by atoms with Gasteiger partial charge in [-0.25, -0.2) is 4.79 Å². The van der Waals surface area contributed by atoms with E-state index < -0.39 is 17.8 Å². The molecule has 1 aromatic heterocycles. The van der Waals surface area contributed by atoms with Gasteiger partial charge in [0.25, 0.3) is 11.8 Å². The third kappa shape index (κ3) is 1.79. The van der Waals surface area contributed by atoms with Crippen LogP contribution < -0.4 is 0 Å². The van der Waals surface area contributed by atoms with E-state index in [1.54, 1.807) is 23.9 Å². The van der Waals surface area contributed by atoms with E-state index in [2.05, 4.69) is 0 Å². The molecule has 0 atom stereocenters. The van der Waals surface area contributed by atoms with Crippen LogP contribution in [0.5, 0.6) is 0 Å². The zero-order valence-electron chi connectivity index (χ0n) is 11.2. The van der Waals surface area contributed by atoms with Crippen LogP contribution in [0.2, 0.25) is 0 Å². The van der Waals surface area contributed by atoms with Crippen LogP contribution in [0.15, 0.2) is 34.9 Å². The second-order valence-electron chi connectivity index (χ2n) is 4.87. The smallest absolute Gasteiger partial charge is 0.367 e. The number of rotatable bonds is 2. The van der Waals surface area contributed by atoms with E-state index in [1.807, 2.05) is 0 Å². The number of fused-ring (bicyclic) bond motifs is 2. The average molecular weight is 315 g/mol. The van der Waals surface area contributed by atoms with Crippen molar-refractivity contribution in [2.75, 3.05) is 0 Å². The van der Waals surface area contributed by atoms with Crippen molar-refractivity contribution in [3.05, 3.63) is 58.5 Å². The Kier molecular flexibility index (Phi) is 2.83. The van der Waals surface area contributed by atoms with Gasteiger partial charge in [-0.15, -0.1) is 11.8 Å². The summed E-state index contributed by atoms with van der Waals surface area (Å²) < 4.78 is 5.30. The number of carbonyl (C=O) groups is 3. The van der Waals surface area contributed by atoms with Crippen molar-refractivity contribution in [1.82, 2.24) is 5.06 Å². The molecule has 0 fully saturated rings. The fourth-order valence-electron chi connectivity index (χ4n) is 2.50. The van der Waals surface area contributed by atoms with Crippen LogP contribution in [0, 0.1) is 0 Å². The monoisotopic (exact) mass is 315 g/mol. The molecule has 0 spiro atoms. The normalized spacial score (nSPS) is 15.9. The van der Waals surface area contributed by atoms with Crippen LogP contribution >= 0.6 is 11.8 Å². The van der Waals surface area contributed by atoms with Gasteiger partial charge in [0, 0.05) is 11.3 Å². The number of amides is 2. The maximum atomic E-state index is 12.2. The van der Waals surface area contributed by atoms with Crippen molar-refractivity contribution >= 4 is 29.5 Å². The summed E-state index contributed by atoms with van der Waals surface area (Å²) in [4.78, 5) is 41.5. The van der Waals surface area contributed by atoms with Crippen LogP contribution in [-0.2, 0) is 16.3 Å². The van der Waals surface area contributed by atoms with Crippen molar-refractivity contribution in [2.24, 2.45) is 0 Å². The molecule has 0 saturated carbocycles. The van der Waals surface area contributed by atoms with Gasteiger partial charge in [-0.1, -0.05) is 17.2 Å². The minimum Gasteiger partial charge on any atom is -0.467 e. The Morgan fingerprint density at radius 3 is 2.50 bits per heavy atom. The Bertz CT molecular complexity index is 790. The van der Waals surface area contributed by atoms with Crippen molar-refractivity contribution in [3.8, 4) is 0 Å². The number of benzene rings is 1. The molecule has 2 aromatic rings. The van der Waals surface area contributed by atoms with Crippen molar-refractivity contribution in [1.29, 1.82) is 0 Å². The molecule has 0 saturated heterocycles. The van der Waals surface area contributed by atoms with Gasteiger partial charge in [0.1, 0.15) is 17.6 Å². The lowest BCUT2D eigenvalue weighted by Crippen LogP contribution is -2.32. The van der Waals surface area contributed by atoms with E-state index in [-0.39, 0.29) is 16.7 Å². The number of nitrogens with zero attached hydrogens (tertiary/aromatic N) is 1. The maximum absolute atomic E-state index is 12.2. The predicted octanol–water partition coefficient (Wildman–Crippen LogP) is 2.39. The van der Waals surface area contributed by atoms with Crippen LogP contribution in [0.3, 0.4) is 0 Å². The fraction of sp³-hybridized carbons (Fsp3) is 0.133. The molecular formula is C15H9NO5S. The number of hydrogen-bond acceptors (Lipinski definition) is 6. The number of imide groups is 1. The molecule has 110 valence electrons. The number of thioether (sulfide) groups is 1. The summed E-state index contributed by atoms with van der Waals surface area (Å²) in [7, 11) is 0. The molecule has 2 amide bonds. The first kappa shape index (κ1) is 13.1. The van der Waals surface area contributed by atoms with E-state index in [1.165, 1.54) is 18.4 Å². The van der Waals surface area contributed by atoms with Crippen LogP contribution in [0.25, 0.3) is 0 Å². The highest BCUT2D eigenvalue weighted by atomic mass is 32.2. The molecule has 0 N–H and O–H groups in total. The lowest BCUT2D eigenvalue weighted by molar-refractivity contribution is -0.0585. The summed E-state index contributed by atoms with van der Waals surface area (Å²) in [6, 6.07) is 6.34. The summed E-state index contributed by atoms with van der Waals surface area (Å²) in [5.74, 6) is 0.0573. The average Bonchev–Trinajstić information content (AvgIpc) is 3.18. The first-order valence-electron chi connectivity index (χ1n) is 6.54. The second-order valence-corrected chi connectivity index (χ2v) is 5.86. The quantitative estimate of drug-likeness (QED) is 0.792. The Hall–Kier alpha value is -2.54. The van der Waals surface area contributed by atoms with Gasteiger partial charge in [-0.2, -0.15) is 0 Å². The highest BCUT2D eigenvalue weighted by molar-refractivity contribution is 7.98. The number of carbonyl (C=O) groups excluding carboxylic acids is 3. The minimum atomic E-state index is -0.762.